The lowest BCUT2D eigenvalue weighted by Gasteiger charge is -2.26. The number of methoxy groups -OCH3 is 1. The van der Waals surface area contributed by atoms with Crippen LogP contribution in [0.25, 0.3) is 0 Å². The third-order valence-corrected chi connectivity index (χ3v) is 6.99. The summed E-state index contributed by atoms with van der Waals surface area (Å²) < 4.78 is 33.1. The molecule has 0 saturated carbocycles. The van der Waals surface area contributed by atoms with Gasteiger partial charge in [-0.3, -0.25) is 9.10 Å². The van der Waals surface area contributed by atoms with Gasteiger partial charge in [0.2, 0.25) is 5.91 Å². The van der Waals surface area contributed by atoms with E-state index in [4.69, 9.17) is 4.74 Å². The van der Waals surface area contributed by atoms with Crippen molar-refractivity contribution in [2.75, 3.05) is 18.0 Å². The monoisotopic (exact) mass is 452 g/mol. The average molecular weight is 453 g/mol. The molecular formula is C25H28N2O4S. The summed E-state index contributed by atoms with van der Waals surface area (Å²) in [5.74, 6) is 0.216. The summed E-state index contributed by atoms with van der Waals surface area (Å²) in [6.45, 7) is 3.64. The number of hydrogen-bond donors (Lipinski definition) is 1. The van der Waals surface area contributed by atoms with Crippen LogP contribution in [0.4, 0.5) is 5.69 Å². The number of carbonyl (C=O) groups excluding carboxylic acids is 1. The third-order valence-electron chi connectivity index (χ3n) is 5.20. The summed E-state index contributed by atoms with van der Waals surface area (Å²) in [5.41, 5.74) is 2.50. The minimum Gasteiger partial charge on any atom is -0.497 e. The maximum absolute atomic E-state index is 13.4. The minimum absolute atomic E-state index is 0.120. The van der Waals surface area contributed by atoms with Crippen LogP contribution < -0.4 is 14.4 Å². The second-order valence-corrected chi connectivity index (χ2v) is 9.32. The maximum Gasteiger partial charge on any atom is 0.264 e. The molecule has 0 unspecified atom stereocenters. The number of benzene rings is 3. The Labute approximate surface area is 189 Å². The van der Waals surface area contributed by atoms with Crippen molar-refractivity contribution in [3.05, 3.63) is 90.0 Å². The molecule has 3 aromatic rings. The third kappa shape index (κ3) is 5.48. The molecule has 32 heavy (non-hydrogen) atoms. The summed E-state index contributed by atoms with van der Waals surface area (Å²) >= 11 is 0. The molecule has 3 aromatic carbocycles. The zero-order chi connectivity index (χ0) is 23.1. The van der Waals surface area contributed by atoms with E-state index in [0.29, 0.717) is 17.9 Å². The molecule has 0 heterocycles. The smallest absolute Gasteiger partial charge is 0.264 e. The van der Waals surface area contributed by atoms with Crippen molar-refractivity contribution < 1.29 is 17.9 Å². The number of amides is 1. The highest BCUT2D eigenvalue weighted by molar-refractivity contribution is 7.92. The molecule has 0 fully saturated rings. The molecule has 0 aromatic heterocycles. The van der Waals surface area contributed by atoms with Crippen molar-refractivity contribution in [3.8, 4) is 5.75 Å². The van der Waals surface area contributed by atoms with E-state index in [9.17, 15) is 13.2 Å². The standard InChI is InChI=1S/C25H28N2O4S/c1-4-24(20-12-10-19(2)11-13-20)26-25(28)18-27(21-14-16-22(31-3)17-15-21)32(29,30)23-8-6-5-7-9-23/h5-17,24H,4,18H2,1-3H3,(H,26,28)/t24-/m0/s1. The minimum atomic E-state index is -3.95. The van der Waals surface area contributed by atoms with Gasteiger partial charge in [0.1, 0.15) is 12.3 Å². The van der Waals surface area contributed by atoms with Crippen molar-refractivity contribution in [1.29, 1.82) is 0 Å². The van der Waals surface area contributed by atoms with Gasteiger partial charge in [-0.15, -0.1) is 0 Å². The average Bonchev–Trinajstić information content (AvgIpc) is 2.82. The van der Waals surface area contributed by atoms with E-state index in [1.807, 2.05) is 38.1 Å². The van der Waals surface area contributed by atoms with Crippen molar-refractivity contribution >= 4 is 21.6 Å². The van der Waals surface area contributed by atoms with Gasteiger partial charge in [0, 0.05) is 0 Å². The first-order valence-corrected chi connectivity index (χ1v) is 11.9. The number of anilines is 1. The maximum atomic E-state index is 13.4. The number of rotatable bonds is 9. The van der Waals surface area contributed by atoms with Gasteiger partial charge in [0.15, 0.2) is 0 Å². The fourth-order valence-corrected chi connectivity index (χ4v) is 4.82. The van der Waals surface area contributed by atoms with Crippen molar-refractivity contribution in [3.63, 3.8) is 0 Å². The number of hydrogen-bond acceptors (Lipinski definition) is 4. The number of ether oxygens (including phenoxy) is 1. The van der Waals surface area contributed by atoms with E-state index < -0.39 is 10.0 Å². The van der Waals surface area contributed by atoms with Crippen LogP contribution in [0.3, 0.4) is 0 Å². The number of sulfonamides is 1. The van der Waals surface area contributed by atoms with Crippen LogP contribution in [0, 0.1) is 6.92 Å². The normalized spacial score (nSPS) is 12.1. The van der Waals surface area contributed by atoms with Gasteiger partial charge in [-0.1, -0.05) is 55.0 Å². The van der Waals surface area contributed by atoms with E-state index in [1.165, 1.54) is 19.2 Å². The number of aryl methyl sites for hydroxylation is 1. The van der Waals surface area contributed by atoms with Crippen molar-refractivity contribution in [1.82, 2.24) is 5.32 Å². The van der Waals surface area contributed by atoms with Crippen LogP contribution in [-0.2, 0) is 14.8 Å². The second-order valence-electron chi connectivity index (χ2n) is 7.46. The molecule has 1 amide bonds. The zero-order valence-corrected chi connectivity index (χ0v) is 19.3. The van der Waals surface area contributed by atoms with Crippen LogP contribution in [-0.4, -0.2) is 28.0 Å². The first-order chi connectivity index (χ1) is 15.3. The fourth-order valence-electron chi connectivity index (χ4n) is 3.37. The molecule has 7 heteroatoms. The highest BCUT2D eigenvalue weighted by Gasteiger charge is 2.28. The highest BCUT2D eigenvalue weighted by atomic mass is 32.2. The summed E-state index contributed by atoms with van der Waals surface area (Å²) in [6, 6.07) is 22.4. The van der Waals surface area contributed by atoms with Crippen molar-refractivity contribution in [2.24, 2.45) is 0 Å². The Kier molecular flexibility index (Phi) is 7.53. The molecule has 1 atom stereocenters. The second kappa shape index (κ2) is 10.3. The summed E-state index contributed by atoms with van der Waals surface area (Å²) in [7, 11) is -2.41. The van der Waals surface area contributed by atoms with Gasteiger partial charge in [0.25, 0.3) is 10.0 Å². The Morgan fingerprint density at radius 1 is 0.969 bits per heavy atom. The molecular weight excluding hydrogens is 424 g/mol. The Balaban J connectivity index is 1.89. The first-order valence-electron chi connectivity index (χ1n) is 10.4. The van der Waals surface area contributed by atoms with E-state index in [2.05, 4.69) is 5.32 Å². The summed E-state index contributed by atoms with van der Waals surface area (Å²) in [6.07, 6.45) is 0.683. The van der Waals surface area contributed by atoms with Gasteiger partial charge < -0.3 is 10.1 Å². The molecule has 0 saturated heterocycles. The molecule has 0 aliphatic rings. The molecule has 168 valence electrons. The van der Waals surface area contributed by atoms with E-state index in [0.717, 1.165) is 15.4 Å². The number of nitrogens with one attached hydrogen (secondary N) is 1. The Morgan fingerprint density at radius 3 is 2.16 bits per heavy atom. The summed E-state index contributed by atoms with van der Waals surface area (Å²) in [5, 5.41) is 2.98. The molecule has 0 aliphatic carbocycles. The van der Waals surface area contributed by atoms with Crippen LogP contribution in [0.5, 0.6) is 5.75 Å². The van der Waals surface area contributed by atoms with Gasteiger partial charge in [-0.05, 0) is 55.3 Å². The lowest BCUT2D eigenvalue weighted by atomic mass is 10.0. The molecule has 0 radical (unpaired) electrons. The van der Waals surface area contributed by atoms with Crippen LogP contribution >= 0.6 is 0 Å². The number of nitrogens with zero attached hydrogens (tertiary/aromatic N) is 1. The number of carbonyl (C=O) groups is 1. The molecule has 0 spiro atoms. The Bertz CT molecular complexity index is 1130. The fraction of sp³-hybridized carbons (Fsp3) is 0.240. The molecule has 3 rings (SSSR count). The molecule has 1 N–H and O–H groups in total. The molecule has 0 aliphatic heterocycles. The topological polar surface area (TPSA) is 75.7 Å². The highest BCUT2D eigenvalue weighted by Crippen LogP contribution is 2.26. The quantitative estimate of drug-likeness (QED) is 0.520. The van der Waals surface area contributed by atoms with E-state index in [1.54, 1.807) is 42.5 Å². The Hall–Kier alpha value is -3.32. The predicted octanol–water partition coefficient (Wildman–Crippen LogP) is 4.47. The van der Waals surface area contributed by atoms with Crippen LogP contribution in [0.15, 0.2) is 83.8 Å². The van der Waals surface area contributed by atoms with Crippen molar-refractivity contribution in [2.45, 2.75) is 31.2 Å². The van der Waals surface area contributed by atoms with Gasteiger partial charge in [0.05, 0.1) is 23.7 Å². The van der Waals surface area contributed by atoms with Crippen LogP contribution in [0.1, 0.15) is 30.5 Å². The van der Waals surface area contributed by atoms with Gasteiger partial charge in [-0.25, -0.2) is 8.42 Å². The zero-order valence-electron chi connectivity index (χ0n) is 18.5. The lowest BCUT2D eigenvalue weighted by Crippen LogP contribution is -2.42. The lowest BCUT2D eigenvalue weighted by molar-refractivity contribution is -0.120. The predicted molar refractivity (Wildman–Crippen MR) is 126 cm³/mol. The first kappa shape index (κ1) is 23.3. The molecule has 0 bridgehead atoms. The van der Waals surface area contributed by atoms with Crippen LogP contribution in [0.2, 0.25) is 0 Å². The molecule has 6 nitrogen and oxygen atoms in total. The SMILES string of the molecule is CC[C@H](NC(=O)CN(c1ccc(OC)cc1)S(=O)(=O)c1ccccc1)c1ccc(C)cc1. The van der Waals surface area contributed by atoms with E-state index in [-0.39, 0.29) is 23.4 Å². The van der Waals surface area contributed by atoms with Gasteiger partial charge in [-0.2, -0.15) is 0 Å². The Morgan fingerprint density at radius 2 is 1.59 bits per heavy atom. The largest absolute Gasteiger partial charge is 0.497 e. The van der Waals surface area contributed by atoms with Gasteiger partial charge >= 0.3 is 0 Å². The van der Waals surface area contributed by atoms with E-state index >= 15 is 0 Å². The summed E-state index contributed by atoms with van der Waals surface area (Å²) in [4.78, 5) is 13.1.